The van der Waals surface area contributed by atoms with Gasteiger partial charge < -0.3 is 15.5 Å². The van der Waals surface area contributed by atoms with Crippen LogP contribution in [0.15, 0.2) is 18.2 Å². The van der Waals surface area contributed by atoms with Gasteiger partial charge in [0.05, 0.1) is 18.7 Å². The molecule has 1 heterocycles. The number of piperazine rings is 1. The largest absolute Gasteiger partial charge is 0.352 e. The second-order valence-electron chi connectivity index (χ2n) is 6.81. The molecule has 9 heteroatoms. The van der Waals surface area contributed by atoms with Gasteiger partial charge in [-0.1, -0.05) is 0 Å². The molecule has 0 bridgehead atoms. The Morgan fingerprint density at radius 3 is 2.41 bits per heavy atom. The van der Waals surface area contributed by atoms with E-state index in [9.17, 15) is 23.2 Å². The van der Waals surface area contributed by atoms with Crippen molar-refractivity contribution in [2.24, 2.45) is 0 Å². The third-order valence-electron chi connectivity index (χ3n) is 4.61. The fraction of sp³-hybridized carbons (Fsp3) is 0.500. The molecular weight excluding hydrogens is 358 g/mol. The highest BCUT2D eigenvalue weighted by atomic mass is 19.1. The summed E-state index contributed by atoms with van der Waals surface area (Å²) in [6.07, 6.45) is 2.09. The summed E-state index contributed by atoms with van der Waals surface area (Å²) in [5, 5.41) is 5.29. The molecule has 1 aromatic carbocycles. The van der Waals surface area contributed by atoms with Gasteiger partial charge in [-0.3, -0.25) is 19.3 Å². The highest BCUT2D eigenvalue weighted by molar-refractivity contribution is 5.96. The Morgan fingerprint density at radius 2 is 1.78 bits per heavy atom. The molecule has 1 aliphatic carbocycles. The molecule has 0 atom stereocenters. The van der Waals surface area contributed by atoms with Gasteiger partial charge in [-0.25, -0.2) is 8.78 Å². The average molecular weight is 380 g/mol. The van der Waals surface area contributed by atoms with Crippen molar-refractivity contribution in [2.45, 2.75) is 18.9 Å². The van der Waals surface area contributed by atoms with Gasteiger partial charge in [-0.05, 0) is 25.0 Å². The van der Waals surface area contributed by atoms with Gasteiger partial charge in [0.25, 0.3) is 5.91 Å². The van der Waals surface area contributed by atoms with Crippen molar-refractivity contribution < 1.29 is 23.2 Å². The quantitative estimate of drug-likeness (QED) is 0.735. The zero-order valence-electron chi connectivity index (χ0n) is 14.8. The van der Waals surface area contributed by atoms with Gasteiger partial charge in [0.2, 0.25) is 11.8 Å². The first-order chi connectivity index (χ1) is 12.9. The molecule has 0 unspecified atom stereocenters. The summed E-state index contributed by atoms with van der Waals surface area (Å²) in [4.78, 5) is 39.5. The predicted molar refractivity (Wildman–Crippen MR) is 92.9 cm³/mol. The first kappa shape index (κ1) is 19.2. The maximum absolute atomic E-state index is 13.6. The fourth-order valence-electron chi connectivity index (χ4n) is 2.90. The summed E-state index contributed by atoms with van der Waals surface area (Å²) < 4.78 is 26.5. The van der Waals surface area contributed by atoms with E-state index in [0.29, 0.717) is 44.8 Å². The number of carbonyl (C=O) groups excluding carboxylic acids is 3. The molecule has 3 amide bonds. The second-order valence-corrected chi connectivity index (χ2v) is 6.81. The average Bonchev–Trinajstić information content (AvgIpc) is 3.43. The van der Waals surface area contributed by atoms with Crippen molar-refractivity contribution >= 4 is 17.7 Å². The Kier molecular flexibility index (Phi) is 6.00. The summed E-state index contributed by atoms with van der Waals surface area (Å²) in [5.41, 5.74) is -0.310. The van der Waals surface area contributed by atoms with E-state index in [4.69, 9.17) is 0 Å². The molecule has 0 radical (unpaired) electrons. The lowest BCUT2D eigenvalue weighted by Crippen LogP contribution is -2.53. The molecule has 2 aliphatic rings. The molecule has 2 N–H and O–H groups in total. The zero-order valence-corrected chi connectivity index (χ0v) is 14.8. The topological polar surface area (TPSA) is 81.8 Å². The van der Waals surface area contributed by atoms with E-state index in [1.165, 1.54) is 0 Å². The summed E-state index contributed by atoms with van der Waals surface area (Å²) in [5.74, 6) is -2.79. The minimum absolute atomic E-state index is 0.00543. The number of benzene rings is 1. The molecule has 1 saturated carbocycles. The van der Waals surface area contributed by atoms with Crippen LogP contribution in [0, 0.1) is 11.6 Å². The maximum atomic E-state index is 13.6. The van der Waals surface area contributed by atoms with E-state index in [1.54, 1.807) is 4.90 Å². The summed E-state index contributed by atoms with van der Waals surface area (Å²) >= 11 is 0. The number of hydrogen-bond acceptors (Lipinski definition) is 4. The maximum Gasteiger partial charge on any atom is 0.254 e. The Balaban J connectivity index is 1.40. The van der Waals surface area contributed by atoms with Gasteiger partial charge in [-0.2, -0.15) is 0 Å². The van der Waals surface area contributed by atoms with Crippen molar-refractivity contribution in [3.8, 4) is 0 Å². The van der Waals surface area contributed by atoms with Crippen molar-refractivity contribution in [1.82, 2.24) is 20.4 Å². The van der Waals surface area contributed by atoms with Crippen molar-refractivity contribution in [3.05, 3.63) is 35.4 Å². The number of carbonyl (C=O) groups is 3. The highest BCUT2D eigenvalue weighted by Crippen LogP contribution is 2.18. The third kappa shape index (κ3) is 5.46. The Morgan fingerprint density at radius 1 is 1.07 bits per heavy atom. The molecule has 7 nitrogen and oxygen atoms in total. The standard InChI is InChI=1S/C18H22F2N4O3/c19-12-1-4-14(15(20)9-12)18(27)21-10-17(26)24-7-5-23(6-8-24)11-16(25)22-13-2-3-13/h1,4,9,13H,2-3,5-8,10-11H2,(H,21,27)(H,22,25). The SMILES string of the molecule is O=C(CN1CCN(C(=O)CNC(=O)c2ccc(F)cc2F)CC1)NC1CC1. The smallest absolute Gasteiger partial charge is 0.254 e. The third-order valence-corrected chi connectivity index (χ3v) is 4.61. The lowest BCUT2D eigenvalue weighted by Gasteiger charge is -2.34. The second kappa shape index (κ2) is 8.43. The van der Waals surface area contributed by atoms with Crippen LogP contribution in [0.3, 0.4) is 0 Å². The number of nitrogens with one attached hydrogen (secondary N) is 2. The number of nitrogens with zero attached hydrogens (tertiary/aromatic N) is 2. The molecule has 0 spiro atoms. The number of halogens is 2. The summed E-state index contributed by atoms with van der Waals surface area (Å²) in [6, 6.07) is 2.97. The summed E-state index contributed by atoms with van der Waals surface area (Å²) in [6.45, 7) is 2.11. The van der Waals surface area contributed by atoms with Crippen molar-refractivity contribution in [3.63, 3.8) is 0 Å². The Bertz CT molecular complexity index is 731. The van der Waals surface area contributed by atoms with Crippen LogP contribution in [0.1, 0.15) is 23.2 Å². The van der Waals surface area contributed by atoms with Crippen LogP contribution >= 0.6 is 0 Å². The molecular formula is C18H22F2N4O3. The normalized spacial score (nSPS) is 17.5. The van der Waals surface area contributed by atoms with E-state index in [0.717, 1.165) is 25.0 Å². The van der Waals surface area contributed by atoms with E-state index >= 15 is 0 Å². The van der Waals surface area contributed by atoms with Crippen molar-refractivity contribution in [1.29, 1.82) is 0 Å². The molecule has 0 aromatic heterocycles. The molecule has 146 valence electrons. The molecule has 2 fully saturated rings. The lowest BCUT2D eigenvalue weighted by molar-refractivity contribution is -0.132. The molecule has 1 saturated heterocycles. The van der Waals surface area contributed by atoms with Gasteiger partial charge in [0.15, 0.2) is 0 Å². The molecule has 3 rings (SSSR count). The Labute approximate surface area is 155 Å². The van der Waals surface area contributed by atoms with Crippen LogP contribution in [0.5, 0.6) is 0 Å². The minimum atomic E-state index is -0.974. The molecule has 1 aromatic rings. The van der Waals surface area contributed by atoms with Crippen LogP contribution in [0.2, 0.25) is 0 Å². The number of rotatable bonds is 6. The van der Waals surface area contributed by atoms with Crippen LogP contribution < -0.4 is 10.6 Å². The van der Waals surface area contributed by atoms with E-state index in [2.05, 4.69) is 10.6 Å². The lowest BCUT2D eigenvalue weighted by atomic mass is 10.2. The monoisotopic (exact) mass is 380 g/mol. The fourth-order valence-corrected chi connectivity index (χ4v) is 2.90. The van der Waals surface area contributed by atoms with E-state index < -0.39 is 17.5 Å². The first-order valence-corrected chi connectivity index (χ1v) is 8.95. The van der Waals surface area contributed by atoms with Crippen LogP contribution in [0.4, 0.5) is 8.78 Å². The number of amides is 3. The minimum Gasteiger partial charge on any atom is -0.352 e. The summed E-state index contributed by atoms with van der Waals surface area (Å²) in [7, 11) is 0. The van der Waals surface area contributed by atoms with E-state index in [-0.39, 0.29) is 23.9 Å². The Hall–Kier alpha value is -2.55. The van der Waals surface area contributed by atoms with Crippen molar-refractivity contribution in [2.75, 3.05) is 39.3 Å². The van der Waals surface area contributed by atoms with E-state index in [1.807, 2.05) is 4.90 Å². The van der Waals surface area contributed by atoms with Crippen LogP contribution in [0.25, 0.3) is 0 Å². The predicted octanol–water partition coefficient (Wildman–Crippen LogP) is 0.117. The van der Waals surface area contributed by atoms with Gasteiger partial charge in [0.1, 0.15) is 11.6 Å². The van der Waals surface area contributed by atoms with Gasteiger partial charge in [-0.15, -0.1) is 0 Å². The molecule has 27 heavy (non-hydrogen) atoms. The van der Waals surface area contributed by atoms with Gasteiger partial charge >= 0.3 is 0 Å². The highest BCUT2D eigenvalue weighted by Gasteiger charge is 2.26. The van der Waals surface area contributed by atoms with Crippen LogP contribution in [-0.2, 0) is 9.59 Å². The molecule has 1 aliphatic heterocycles. The van der Waals surface area contributed by atoms with Crippen LogP contribution in [-0.4, -0.2) is 72.8 Å². The number of hydrogen-bond donors (Lipinski definition) is 2. The zero-order chi connectivity index (χ0) is 19.4. The first-order valence-electron chi connectivity index (χ1n) is 8.95. The van der Waals surface area contributed by atoms with Gasteiger partial charge in [0, 0.05) is 38.3 Å².